The molecule has 0 bridgehead atoms. The Hall–Kier alpha value is -1.57. The number of fused-ring (bicyclic) bond motifs is 1. The molecule has 1 aromatic heterocycles. The molecule has 0 aliphatic carbocycles. The number of hydrogen-bond donors (Lipinski definition) is 1. The van der Waals surface area contributed by atoms with Crippen molar-refractivity contribution in [3.63, 3.8) is 0 Å². The first kappa shape index (κ1) is 17.8. The number of rotatable bonds is 5. The summed E-state index contributed by atoms with van der Waals surface area (Å²) >= 11 is 7.75. The van der Waals surface area contributed by atoms with Gasteiger partial charge in [-0.2, -0.15) is 0 Å². The molecule has 1 atom stereocenters. The van der Waals surface area contributed by atoms with Gasteiger partial charge in [-0.05, 0) is 37.6 Å². The number of anilines is 1. The summed E-state index contributed by atoms with van der Waals surface area (Å²) < 4.78 is 0. The molecule has 138 valence electrons. The van der Waals surface area contributed by atoms with Crippen molar-refractivity contribution in [2.45, 2.75) is 23.8 Å². The van der Waals surface area contributed by atoms with E-state index in [0.29, 0.717) is 5.92 Å². The van der Waals surface area contributed by atoms with Crippen molar-refractivity contribution in [2.75, 3.05) is 43.4 Å². The number of thioether (sulfide) groups is 1. The van der Waals surface area contributed by atoms with E-state index in [2.05, 4.69) is 31.3 Å². The fraction of sp³-hybridized carbons (Fsp3) is 0.500. The van der Waals surface area contributed by atoms with Gasteiger partial charge >= 0.3 is 0 Å². The Morgan fingerprint density at radius 1 is 1.27 bits per heavy atom. The highest BCUT2D eigenvalue weighted by atomic mass is 35.5. The molecule has 2 aromatic rings. The third kappa shape index (κ3) is 3.89. The smallest absolute Gasteiger partial charge is 0.271 e. The lowest BCUT2D eigenvalue weighted by atomic mass is 9.98. The van der Waals surface area contributed by atoms with Crippen LogP contribution in [0, 0.1) is 0 Å². The van der Waals surface area contributed by atoms with Gasteiger partial charge in [0.2, 0.25) is 0 Å². The van der Waals surface area contributed by atoms with Crippen LogP contribution >= 0.6 is 23.4 Å². The first-order valence-corrected chi connectivity index (χ1v) is 10.4. The summed E-state index contributed by atoms with van der Waals surface area (Å²) in [5.41, 5.74) is 1.98. The van der Waals surface area contributed by atoms with Gasteiger partial charge in [-0.3, -0.25) is 9.69 Å². The highest BCUT2D eigenvalue weighted by Crippen LogP contribution is 2.37. The van der Waals surface area contributed by atoms with Crippen LogP contribution in [-0.4, -0.2) is 58.8 Å². The maximum absolute atomic E-state index is 12.0. The molecular formula is C18H22ClN5OS. The van der Waals surface area contributed by atoms with Crippen molar-refractivity contribution >= 4 is 29.1 Å². The van der Waals surface area contributed by atoms with E-state index in [9.17, 15) is 4.79 Å². The summed E-state index contributed by atoms with van der Waals surface area (Å²) in [5.74, 6) is 1.25. The summed E-state index contributed by atoms with van der Waals surface area (Å²) in [5, 5.41) is 11.8. The standard InChI is InChI=1S/C18H22ClN5OS/c19-14-4-1-5-15(11-14)24-9-7-23(8-10-24)6-2-3-13-12-26-18-16(13)17(25)20-22-21-18/h1,4-5,11,13H,2-3,6-10,12H2,(H,20,21,25). The third-order valence-electron chi connectivity index (χ3n) is 5.17. The molecule has 1 aromatic carbocycles. The first-order chi connectivity index (χ1) is 12.7. The van der Waals surface area contributed by atoms with Gasteiger partial charge in [0.05, 0.1) is 5.56 Å². The van der Waals surface area contributed by atoms with Gasteiger partial charge in [0.25, 0.3) is 5.56 Å². The summed E-state index contributed by atoms with van der Waals surface area (Å²) in [6.45, 7) is 5.26. The minimum atomic E-state index is -0.0693. The number of aromatic amines is 1. The molecule has 1 unspecified atom stereocenters. The second-order valence-electron chi connectivity index (χ2n) is 6.82. The Kier molecular flexibility index (Phi) is 5.47. The average Bonchev–Trinajstić information content (AvgIpc) is 3.07. The zero-order chi connectivity index (χ0) is 17.9. The van der Waals surface area contributed by atoms with Crippen LogP contribution in [0.4, 0.5) is 5.69 Å². The van der Waals surface area contributed by atoms with E-state index in [4.69, 9.17) is 11.6 Å². The fourth-order valence-corrected chi connectivity index (χ4v) is 5.14. The number of benzene rings is 1. The number of nitrogens with zero attached hydrogens (tertiary/aromatic N) is 4. The van der Waals surface area contributed by atoms with E-state index >= 15 is 0 Å². The molecule has 2 aliphatic rings. The minimum Gasteiger partial charge on any atom is -0.369 e. The van der Waals surface area contributed by atoms with Gasteiger partial charge in [0.15, 0.2) is 0 Å². The number of nitrogens with one attached hydrogen (secondary N) is 1. The summed E-state index contributed by atoms with van der Waals surface area (Å²) in [6, 6.07) is 8.08. The van der Waals surface area contributed by atoms with E-state index in [1.54, 1.807) is 11.8 Å². The largest absolute Gasteiger partial charge is 0.369 e. The number of hydrogen-bond acceptors (Lipinski definition) is 6. The maximum atomic E-state index is 12.0. The number of H-pyrrole nitrogens is 1. The van der Waals surface area contributed by atoms with Gasteiger partial charge in [0.1, 0.15) is 5.03 Å². The van der Waals surface area contributed by atoms with Gasteiger partial charge < -0.3 is 4.90 Å². The van der Waals surface area contributed by atoms with Crippen molar-refractivity contribution in [3.8, 4) is 0 Å². The molecule has 6 nitrogen and oxygen atoms in total. The van der Waals surface area contributed by atoms with Crippen LogP contribution in [0.5, 0.6) is 0 Å². The lowest BCUT2D eigenvalue weighted by molar-refractivity contribution is 0.251. The second-order valence-corrected chi connectivity index (χ2v) is 8.26. The molecule has 3 heterocycles. The van der Waals surface area contributed by atoms with Crippen molar-refractivity contribution in [1.82, 2.24) is 20.3 Å². The van der Waals surface area contributed by atoms with Crippen LogP contribution in [0.25, 0.3) is 0 Å². The molecular weight excluding hydrogens is 370 g/mol. The molecule has 1 N–H and O–H groups in total. The van der Waals surface area contributed by atoms with E-state index in [0.717, 1.165) is 66.9 Å². The van der Waals surface area contributed by atoms with E-state index in [1.807, 2.05) is 18.2 Å². The maximum Gasteiger partial charge on any atom is 0.271 e. The van der Waals surface area contributed by atoms with E-state index < -0.39 is 0 Å². The Bertz CT molecular complexity index is 821. The van der Waals surface area contributed by atoms with Crippen LogP contribution in [0.15, 0.2) is 34.1 Å². The monoisotopic (exact) mass is 391 g/mol. The fourth-order valence-electron chi connectivity index (χ4n) is 3.75. The Morgan fingerprint density at radius 2 is 2.12 bits per heavy atom. The van der Waals surface area contributed by atoms with Crippen LogP contribution in [-0.2, 0) is 0 Å². The van der Waals surface area contributed by atoms with Gasteiger partial charge in [-0.1, -0.05) is 22.9 Å². The quantitative estimate of drug-likeness (QED) is 0.845. The minimum absolute atomic E-state index is 0.0693. The summed E-state index contributed by atoms with van der Waals surface area (Å²) in [4.78, 5) is 16.9. The first-order valence-electron chi connectivity index (χ1n) is 9.01. The molecule has 0 saturated carbocycles. The normalized spacial score (nSPS) is 20.3. The predicted octanol–water partition coefficient (Wildman–Crippen LogP) is 2.61. The van der Waals surface area contributed by atoms with Crippen molar-refractivity contribution in [3.05, 3.63) is 45.2 Å². The van der Waals surface area contributed by atoms with E-state index in [-0.39, 0.29) is 5.56 Å². The molecule has 1 saturated heterocycles. The molecule has 0 amide bonds. The summed E-state index contributed by atoms with van der Waals surface area (Å²) in [6.07, 6.45) is 2.13. The van der Waals surface area contributed by atoms with Crippen molar-refractivity contribution in [1.29, 1.82) is 0 Å². The third-order valence-corrected chi connectivity index (χ3v) is 6.55. The zero-order valence-corrected chi connectivity index (χ0v) is 16.1. The van der Waals surface area contributed by atoms with Crippen molar-refractivity contribution in [2.24, 2.45) is 0 Å². The molecule has 0 spiro atoms. The van der Waals surface area contributed by atoms with Crippen LogP contribution in [0.1, 0.15) is 24.3 Å². The Balaban J connectivity index is 1.25. The predicted molar refractivity (Wildman–Crippen MR) is 105 cm³/mol. The lowest BCUT2D eigenvalue weighted by Gasteiger charge is -2.36. The van der Waals surface area contributed by atoms with Gasteiger partial charge in [0, 0.05) is 48.6 Å². The molecule has 4 rings (SSSR count). The molecule has 26 heavy (non-hydrogen) atoms. The highest BCUT2D eigenvalue weighted by molar-refractivity contribution is 7.99. The second kappa shape index (κ2) is 7.98. The zero-order valence-electron chi connectivity index (χ0n) is 14.5. The Morgan fingerprint density at radius 3 is 2.92 bits per heavy atom. The SMILES string of the molecule is O=c1[nH]nnc2c1C(CCCN1CCN(c3cccc(Cl)c3)CC1)CS2. The number of piperazine rings is 1. The molecule has 1 fully saturated rings. The molecule has 8 heteroatoms. The molecule has 0 radical (unpaired) electrons. The number of halogens is 1. The van der Waals surface area contributed by atoms with Gasteiger partial charge in [-0.15, -0.1) is 16.9 Å². The highest BCUT2D eigenvalue weighted by Gasteiger charge is 2.28. The average molecular weight is 392 g/mol. The van der Waals surface area contributed by atoms with Gasteiger partial charge in [-0.25, -0.2) is 5.10 Å². The van der Waals surface area contributed by atoms with Crippen LogP contribution in [0.3, 0.4) is 0 Å². The van der Waals surface area contributed by atoms with Crippen molar-refractivity contribution < 1.29 is 0 Å². The number of aromatic nitrogens is 3. The van der Waals surface area contributed by atoms with Crippen LogP contribution < -0.4 is 10.5 Å². The Labute approximate surface area is 161 Å². The topological polar surface area (TPSA) is 65.1 Å². The van der Waals surface area contributed by atoms with E-state index in [1.165, 1.54) is 5.69 Å². The summed E-state index contributed by atoms with van der Waals surface area (Å²) in [7, 11) is 0. The van der Waals surface area contributed by atoms with Crippen LogP contribution in [0.2, 0.25) is 5.02 Å². The molecule has 2 aliphatic heterocycles. The lowest BCUT2D eigenvalue weighted by Crippen LogP contribution is -2.46.